The van der Waals surface area contributed by atoms with Crippen molar-refractivity contribution in [2.75, 3.05) is 16.4 Å². The van der Waals surface area contributed by atoms with Gasteiger partial charge in [0, 0.05) is 16.8 Å². The smallest absolute Gasteiger partial charge is 0.336 e. The quantitative estimate of drug-likeness (QED) is 0.348. The fourth-order valence-corrected chi connectivity index (χ4v) is 3.47. The molecule has 0 atom stereocenters. The zero-order chi connectivity index (χ0) is 24.0. The molecule has 0 bridgehead atoms. The third-order valence-electron chi connectivity index (χ3n) is 4.22. The van der Waals surface area contributed by atoms with Gasteiger partial charge in [0.05, 0.1) is 27.5 Å². The van der Waals surface area contributed by atoms with Crippen molar-refractivity contribution in [2.45, 2.75) is 4.90 Å². The maximum absolute atomic E-state index is 12.5. The predicted octanol–water partition coefficient (Wildman–Crippen LogP) is 4.11. The molecule has 0 aliphatic rings. The summed E-state index contributed by atoms with van der Waals surface area (Å²) in [6, 6.07) is 13.0. The van der Waals surface area contributed by atoms with Crippen LogP contribution in [0.2, 0.25) is 5.02 Å². The standard InChI is InChI=1S/C22H16ClN3O6S/c23-13-2-8-18(24-10-13)26-19(27)11-33-15-5-3-14(4-6-15)25-20(28)16-7-1-12(21(29)30)9-17(16)22(31)32/h1-10H,11H2,(H,25,28)(H,29,30)(H,31,32)(H,24,26,27). The van der Waals surface area contributed by atoms with Crippen LogP contribution in [-0.4, -0.2) is 44.7 Å². The molecule has 1 heterocycles. The highest BCUT2D eigenvalue weighted by molar-refractivity contribution is 8.00. The van der Waals surface area contributed by atoms with E-state index in [4.69, 9.17) is 16.7 Å². The van der Waals surface area contributed by atoms with Crippen LogP contribution < -0.4 is 10.6 Å². The monoisotopic (exact) mass is 485 g/mol. The van der Waals surface area contributed by atoms with E-state index < -0.39 is 23.4 Å². The van der Waals surface area contributed by atoms with E-state index in [0.29, 0.717) is 16.5 Å². The van der Waals surface area contributed by atoms with Crippen LogP contribution in [0.25, 0.3) is 0 Å². The van der Waals surface area contributed by atoms with Crippen LogP contribution in [0.3, 0.4) is 0 Å². The summed E-state index contributed by atoms with van der Waals surface area (Å²) in [5.74, 6) is -3.14. The molecule has 2 amide bonds. The minimum absolute atomic E-state index is 0.133. The minimum Gasteiger partial charge on any atom is -0.478 e. The first-order valence-corrected chi connectivity index (χ1v) is 10.7. The Hall–Kier alpha value is -3.89. The molecular weight excluding hydrogens is 470 g/mol. The van der Waals surface area contributed by atoms with Gasteiger partial charge in [-0.2, -0.15) is 0 Å². The molecule has 0 saturated carbocycles. The number of carboxylic acids is 2. The number of amides is 2. The molecule has 168 valence electrons. The first kappa shape index (κ1) is 23.8. The summed E-state index contributed by atoms with van der Waals surface area (Å²) in [6.07, 6.45) is 1.43. The summed E-state index contributed by atoms with van der Waals surface area (Å²) in [7, 11) is 0. The Labute approximate surface area is 196 Å². The van der Waals surface area contributed by atoms with Gasteiger partial charge in [-0.05, 0) is 54.6 Å². The zero-order valence-corrected chi connectivity index (χ0v) is 18.3. The van der Waals surface area contributed by atoms with E-state index in [1.54, 1.807) is 36.4 Å². The summed E-state index contributed by atoms with van der Waals surface area (Å²) in [6.45, 7) is 0. The number of pyridine rings is 1. The van der Waals surface area contributed by atoms with Gasteiger partial charge in [-0.1, -0.05) is 11.6 Å². The Morgan fingerprint density at radius 2 is 1.61 bits per heavy atom. The summed E-state index contributed by atoms with van der Waals surface area (Å²) in [5, 5.41) is 24.0. The molecule has 4 N–H and O–H groups in total. The topological polar surface area (TPSA) is 146 Å². The molecule has 0 aliphatic heterocycles. The highest BCUT2D eigenvalue weighted by Crippen LogP contribution is 2.22. The predicted molar refractivity (Wildman–Crippen MR) is 123 cm³/mol. The van der Waals surface area contributed by atoms with Gasteiger partial charge in [-0.15, -0.1) is 11.8 Å². The first-order chi connectivity index (χ1) is 15.7. The van der Waals surface area contributed by atoms with Gasteiger partial charge in [-0.3, -0.25) is 9.59 Å². The number of hydrogen-bond donors (Lipinski definition) is 4. The van der Waals surface area contributed by atoms with E-state index in [1.807, 2.05) is 0 Å². The van der Waals surface area contributed by atoms with Gasteiger partial charge in [0.15, 0.2) is 0 Å². The van der Waals surface area contributed by atoms with Crippen LogP contribution in [-0.2, 0) is 4.79 Å². The SMILES string of the molecule is O=C(CSc1ccc(NC(=O)c2ccc(C(=O)O)cc2C(=O)O)cc1)Nc1ccc(Cl)cn1. The van der Waals surface area contributed by atoms with Crippen molar-refractivity contribution in [3.8, 4) is 0 Å². The lowest BCUT2D eigenvalue weighted by atomic mass is 10.0. The van der Waals surface area contributed by atoms with Gasteiger partial charge in [-0.25, -0.2) is 14.6 Å². The number of carbonyl (C=O) groups excluding carboxylic acids is 2. The van der Waals surface area contributed by atoms with E-state index in [1.165, 1.54) is 18.0 Å². The number of benzene rings is 2. The van der Waals surface area contributed by atoms with Crippen LogP contribution in [0.4, 0.5) is 11.5 Å². The van der Waals surface area contributed by atoms with Crippen LogP contribution in [0, 0.1) is 0 Å². The lowest BCUT2D eigenvalue weighted by Crippen LogP contribution is -2.17. The molecule has 3 rings (SSSR count). The maximum Gasteiger partial charge on any atom is 0.336 e. The average Bonchev–Trinajstić information content (AvgIpc) is 2.79. The van der Waals surface area contributed by atoms with Crippen molar-refractivity contribution in [2.24, 2.45) is 0 Å². The fraction of sp³-hybridized carbons (Fsp3) is 0.0455. The number of halogens is 1. The van der Waals surface area contributed by atoms with E-state index in [-0.39, 0.29) is 22.8 Å². The number of carboxylic acid groups (broad SMARTS) is 2. The van der Waals surface area contributed by atoms with E-state index >= 15 is 0 Å². The average molecular weight is 486 g/mol. The van der Waals surface area contributed by atoms with Gasteiger partial charge in [0.1, 0.15) is 5.82 Å². The number of nitrogens with one attached hydrogen (secondary N) is 2. The van der Waals surface area contributed by atoms with Gasteiger partial charge < -0.3 is 20.8 Å². The molecule has 1 aromatic heterocycles. The summed E-state index contributed by atoms with van der Waals surface area (Å²) < 4.78 is 0. The Balaban J connectivity index is 1.59. The summed E-state index contributed by atoms with van der Waals surface area (Å²) in [5.41, 5.74) is -0.418. The Morgan fingerprint density at radius 1 is 0.879 bits per heavy atom. The largest absolute Gasteiger partial charge is 0.478 e. The van der Waals surface area contributed by atoms with Crippen molar-refractivity contribution >= 4 is 58.6 Å². The van der Waals surface area contributed by atoms with Crippen molar-refractivity contribution in [3.63, 3.8) is 0 Å². The maximum atomic E-state index is 12.5. The molecule has 11 heteroatoms. The van der Waals surface area contributed by atoms with Crippen molar-refractivity contribution in [1.29, 1.82) is 0 Å². The Kier molecular flexibility index (Phi) is 7.65. The van der Waals surface area contributed by atoms with Crippen molar-refractivity contribution < 1.29 is 29.4 Å². The van der Waals surface area contributed by atoms with Crippen LogP contribution in [0.15, 0.2) is 65.7 Å². The number of hydrogen-bond acceptors (Lipinski definition) is 6. The molecule has 2 aromatic carbocycles. The number of rotatable bonds is 8. The number of aromatic carboxylic acids is 2. The molecule has 0 spiro atoms. The third kappa shape index (κ3) is 6.55. The molecule has 33 heavy (non-hydrogen) atoms. The third-order valence-corrected chi connectivity index (χ3v) is 5.45. The fourth-order valence-electron chi connectivity index (χ4n) is 2.66. The van der Waals surface area contributed by atoms with Gasteiger partial charge in [0.25, 0.3) is 5.91 Å². The Bertz CT molecular complexity index is 1220. The first-order valence-electron chi connectivity index (χ1n) is 9.29. The second kappa shape index (κ2) is 10.6. The van der Waals surface area contributed by atoms with Crippen molar-refractivity contribution in [1.82, 2.24) is 4.98 Å². The molecule has 0 unspecified atom stereocenters. The van der Waals surface area contributed by atoms with Crippen molar-refractivity contribution in [3.05, 3.63) is 82.5 Å². The Morgan fingerprint density at radius 3 is 2.21 bits per heavy atom. The van der Waals surface area contributed by atoms with Gasteiger partial charge in [0.2, 0.25) is 5.91 Å². The lowest BCUT2D eigenvalue weighted by Gasteiger charge is -2.09. The van der Waals surface area contributed by atoms with Crippen LogP contribution >= 0.6 is 23.4 Å². The van der Waals surface area contributed by atoms with E-state index in [0.717, 1.165) is 23.1 Å². The van der Waals surface area contributed by atoms with Gasteiger partial charge >= 0.3 is 11.9 Å². The number of anilines is 2. The summed E-state index contributed by atoms with van der Waals surface area (Å²) in [4.78, 5) is 51.8. The van der Waals surface area contributed by atoms with Crippen LogP contribution in [0.5, 0.6) is 0 Å². The minimum atomic E-state index is -1.41. The second-order valence-corrected chi connectivity index (χ2v) is 8.03. The van der Waals surface area contributed by atoms with Crippen LogP contribution in [0.1, 0.15) is 31.1 Å². The number of thioether (sulfide) groups is 1. The molecule has 0 fully saturated rings. The second-order valence-electron chi connectivity index (χ2n) is 6.55. The zero-order valence-electron chi connectivity index (χ0n) is 16.7. The highest BCUT2D eigenvalue weighted by Gasteiger charge is 2.19. The molecule has 0 aliphatic carbocycles. The lowest BCUT2D eigenvalue weighted by molar-refractivity contribution is -0.113. The van der Waals surface area contributed by atoms with E-state index in [2.05, 4.69) is 15.6 Å². The molecule has 9 nitrogen and oxygen atoms in total. The number of aromatic nitrogens is 1. The molecule has 3 aromatic rings. The molecular formula is C22H16ClN3O6S. The number of carbonyl (C=O) groups is 4. The summed E-state index contributed by atoms with van der Waals surface area (Å²) >= 11 is 7.03. The normalized spacial score (nSPS) is 10.3. The number of nitrogens with zero attached hydrogens (tertiary/aromatic N) is 1. The molecule has 0 radical (unpaired) electrons. The molecule has 0 saturated heterocycles. The van der Waals surface area contributed by atoms with E-state index in [9.17, 15) is 24.3 Å². The highest BCUT2D eigenvalue weighted by atomic mass is 35.5.